The minimum absolute atomic E-state index is 0.0400. The van der Waals surface area contributed by atoms with Crippen LogP contribution in [0.25, 0.3) is 0 Å². The number of methoxy groups -OCH3 is 1. The lowest BCUT2D eigenvalue weighted by atomic mass is 9.72. The Morgan fingerprint density at radius 1 is 1.22 bits per heavy atom. The molecule has 0 spiro atoms. The zero-order valence-electron chi connectivity index (χ0n) is 23.0. The first-order chi connectivity index (χ1) is 19.2. The Labute approximate surface area is 247 Å². The number of nitrogens with one attached hydrogen (secondary N) is 2. The van der Waals surface area contributed by atoms with Crippen LogP contribution in [-0.2, 0) is 12.8 Å². The topological polar surface area (TPSA) is 111 Å². The van der Waals surface area contributed by atoms with Gasteiger partial charge >= 0.3 is 6.18 Å². The van der Waals surface area contributed by atoms with Crippen molar-refractivity contribution in [1.29, 1.82) is 0 Å². The molecule has 3 atom stereocenters. The van der Waals surface area contributed by atoms with E-state index in [1.165, 1.54) is 18.4 Å². The number of alkyl halides is 3. The molecule has 2 aliphatic rings. The minimum Gasteiger partial charge on any atom is -0.497 e. The number of hydrogen-bond donors (Lipinski definition) is 3. The molecule has 4 N–H and O–H groups in total. The molecule has 5 rings (SSSR count). The molecule has 2 amide bonds. The summed E-state index contributed by atoms with van der Waals surface area (Å²) in [4.78, 5) is 26.9. The highest BCUT2D eigenvalue weighted by Gasteiger charge is 2.48. The number of nitrogens with two attached hydrogens (primary N) is 1. The molecule has 220 valence electrons. The van der Waals surface area contributed by atoms with E-state index in [1.807, 2.05) is 0 Å². The maximum absolute atomic E-state index is 14.2. The molecule has 13 heteroatoms. The number of rotatable bonds is 5. The van der Waals surface area contributed by atoms with Crippen molar-refractivity contribution in [3.8, 4) is 5.75 Å². The molecule has 3 aromatic rings. The molecule has 0 bridgehead atoms. The molecule has 1 aliphatic carbocycles. The summed E-state index contributed by atoms with van der Waals surface area (Å²) in [5, 5.41) is 10.2. The van der Waals surface area contributed by atoms with E-state index in [-0.39, 0.29) is 38.4 Å². The van der Waals surface area contributed by atoms with Gasteiger partial charge in [-0.2, -0.15) is 18.3 Å². The van der Waals surface area contributed by atoms with Gasteiger partial charge in [-0.05, 0) is 69.8 Å². The lowest BCUT2D eigenvalue weighted by molar-refractivity contribution is -0.173. The lowest BCUT2D eigenvalue weighted by Gasteiger charge is -2.33. The highest BCUT2D eigenvalue weighted by atomic mass is 79.9. The molecule has 1 aliphatic heterocycles. The van der Waals surface area contributed by atoms with Gasteiger partial charge < -0.3 is 21.1 Å². The Balaban J connectivity index is 1.47. The fourth-order valence-electron chi connectivity index (χ4n) is 5.63. The predicted molar refractivity (Wildman–Crippen MR) is 155 cm³/mol. The van der Waals surface area contributed by atoms with Gasteiger partial charge in [-0.25, -0.2) is 4.68 Å². The molecule has 8 nitrogen and oxygen atoms in total. The first-order valence-corrected chi connectivity index (χ1v) is 14.8. The Morgan fingerprint density at radius 2 is 1.90 bits per heavy atom. The van der Waals surface area contributed by atoms with Crippen molar-refractivity contribution in [1.82, 2.24) is 9.78 Å². The number of thiophene rings is 1. The number of amides is 2. The van der Waals surface area contributed by atoms with Gasteiger partial charge in [0.15, 0.2) is 11.7 Å². The van der Waals surface area contributed by atoms with Crippen molar-refractivity contribution in [3.63, 3.8) is 0 Å². The molecule has 0 saturated heterocycles. The summed E-state index contributed by atoms with van der Waals surface area (Å²) in [6, 6.07) is 4.11. The lowest BCUT2D eigenvalue weighted by Crippen LogP contribution is -2.35. The van der Waals surface area contributed by atoms with Crippen molar-refractivity contribution < 1.29 is 27.5 Å². The van der Waals surface area contributed by atoms with Crippen LogP contribution in [0.3, 0.4) is 0 Å². The second-order valence-corrected chi connectivity index (χ2v) is 13.4. The van der Waals surface area contributed by atoms with Gasteiger partial charge in [0.2, 0.25) is 0 Å². The van der Waals surface area contributed by atoms with Gasteiger partial charge in [0, 0.05) is 11.3 Å². The summed E-state index contributed by atoms with van der Waals surface area (Å²) in [6.07, 6.45) is -2.63. The number of benzene rings is 1. The highest BCUT2D eigenvalue weighted by Crippen LogP contribution is 2.47. The van der Waals surface area contributed by atoms with E-state index in [1.54, 1.807) is 24.3 Å². The number of carbonyl (C=O) groups is 2. The second-order valence-electron chi connectivity index (χ2n) is 11.6. The zero-order chi connectivity index (χ0) is 29.9. The average molecular weight is 655 g/mol. The number of hydrogen-bond acceptors (Lipinski definition) is 6. The maximum atomic E-state index is 14.2. The van der Waals surface area contributed by atoms with Crippen molar-refractivity contribution in [2.75, 3.05) is 17.7 Å². The van der Waals surface area contributed by atoms with Gasteiger partial charge in [0.25, 0.3) is 11.8 Å². The standard InChI is InChI=1S/C28H31BrF3N5O3S/c1-27(2,3)14-7-10-16-18(11-14)41-26(20(16)23(33)38)35-25(39)22-21(29)24-34-17(13-5-8-15(40-4)9-6-13)12-19(28(30,31)32)37(24)36-22/h5-6,8-9,14,17,19,34H,7,10-12H2,1-4H3,(H2,33,38)(H,35,39)/t14-,17+,19+/m1/s1. The molecule has 0 radical (unpaired) electrons. The summed E-state index contributed by atoms with van der Waals surface area (Å²) in [7, 11) is 1.51. The van der Waals surface area contributed by atoms with E-state index in [4.69, 9.17) is 10.5 Å². The van der Waals surface area contributed by atoms with Crippen LogP contribution < -0.4 is 21.1 Å². The van der Waals surface area contributed by atoms with E-state index < -0.39 is 30.1 Å². The average Bonchev–Trinajstić information content (AvgIpc) is 3.43. The second kappa shape index (κ2) is 10.6. The van der Waals surface area contributed by atoms with Crippen LogP contribution in [0.4, 0.5) is 24.0 Å². The van der Waals surface area contributed by atoms with Crippen molar-refractivity contribution in [2.45, 2.75) is 64.7 Å². The Bertz CT molecular complexity index is 1490. The summed E-state index contributed by atoms with van der Waals surface area (Å²) in [5.74, 6) is -0.372. The first-order valence-electron chi connectivity index (χ1n) is 13.2. The Hall–Kier alpha value is -3.06. The predicted octanol–water partition coefficient (Wildman–Crippen LogP) is 6.88. The van der Waals surface area contributed by atoms with Gasteiger partial charge in [0.1, 0.15) is 16.6 Å². The smallest absolute Gasteiger partial charge is 0.410 e. The van der Waals surface area contributed by atoms with Crippen LogP contribution in [0, 0.1) is 11.3 Å². The zero-order valence-corrected chi connectivity index (χ0v) is 25.4. The maximum Gasteiger partial charge on any atom is 0.410 e. The third-order valence-corrected chi connectivity index (χ3v) is 9.91. The van der Waals surface area contributed by atoms with Crippen molar-refractivity contribution in [2.24, 2.45) is 17.1 Å². The minimum atomic E-state index is -4.61. The molecule has 41 heavy (non-hydrogen) atoms. The molecule has 0 unspecified atom stereocenters. The number of carbonyl (C=O) groups excluding carboxylic acids is 2. The number of anilines is 2. The van der Waals surface area contributed by atoms with Gasteiger partial charge in [-0.1, -0.05) is 32.9 Å². The molecule has 1 aromatic carbocycles. The summed E-state index contributed by atoms with van der Waals surface area (Å²) < 4.78 is 48.8. The molecule has 0 saturated carbocycles. The Morgan fingerprint density at radius 3 is 2.49 bits per heavy atom. The number of aromatic nitrogens is 2. The molecular weight excluding hydrogens is 623 g/mol. The van der Waals surface area contributed by atoms with Crippen molar-refractivity contribution in [3.05, 3.63) is 56.0 Å². The molecule has 3 heterocycles. The number of halogens is 4. The van der Waals surface area contributed by atoms with Crippen LogP contribution >= 0.6 is 27.3 Å². The van der Waals surface area contributed by atoms with E-state index >= 15 is 0 Å². The fourth-order valence-corrected chi connectivity index (χ4v) is 7.51. The molecule has 0 fully saturated rings. The summed E-state index contributed by atoms with van der Waals surface area (Å²) in [5.41, 5.74) is 7.30. The fraction of sp³-hybridized carbons (Fsp3) is 0.464. The van der Waals surface area contributed by atoms with Crippen LogP contribution in [0.15, 0.2) is 28.7 Å². The number of fused-ring (bicyclic) bond motifs is 2. The monoisotopic (exact) mass is 653 g/mol. The SMILES string of the molecule is COc1ccc([C@@H]2C[C@@H](C(F)(F)F)n3nc(C(=O)Nc4sc5c(c4C(N)=O)CC[C@@H](C(C)(C)C)C5)c(Br)c3N2)cc1. The molecule has 2 aromatic heterocycles. The van der Waals surface area contributed by atoms with E-state index in [9.17, 15) is 22.8 Å². The van der Waals surface area contributed by atoms with E-state index in [0.717, 1.165) is 28.0 Å². The van der Waals surface area contributed by atoms with Gasteiger partial charge in [-0.15, -0.1) is 11.3 Å². The van der Waals surface area contributed by atoms with Crippen LogP contribution in [0.1, 0.15) is 82.5 Å². The quantitative estimate of drug-likeness (QED) is 0.278. The van der Waals surface area contributed by atoms with Crippen LogP contribution in [0.2, 0.25) is 0 Å². The number of ether oxygens (including phenoxy) is 1. The van der Waals surface area contributed by atoms with Crippen LogP contribution in [0.5, 0.6) is 5.75 Å². The largest absolute Gasteiger partial charge is 0.497 e. The molecular formula is C28H31BrF3N5O3S. The Kier molecular flexibility index (Phi) is 7.64. The normalized spacial score (nSPS) is 20.5. The summed E-state index contributed by atoms with van der Waals surface area (Å²) >= 11 is 4.61. The third kappa shape index (κ3) is 5.57. The van der Waals surface area contributed by atoms with E-state index in [0.29, 0.717) is 23.7 Å². The highest BCUT2D eigenvalue weighted by molar-refractivity contribution is 9.10. The third-order valence-electron chi connectivity index (χ3n) is 7.99. The van der Waals surface area contributed by atoms with E-state index in [2.05, 4.69) is 52.4 Å². The summed E-state index contributed by atoms with van der Waals surface area (Å²) in [6.45, 7) is 6.52. The first kappa shape index (κ1) is 29.4. The van der Waals surface area contributed by atoms with Gasteiger partial charge in [0.05, 0.1) is 23.2 Å². The van der Waals surface area contributed by atoms with Crippen LogP contribution in [-0.4, -0.2) is 34.9 Å². The number of primary amides is 1. The van der Waals surface area contributed by atoms with Crippen molar-refractivity contribution >= 4 is 49.9 Å². The number of nitrogens with zero attached hydrogens (tertiary/aromatic N) is 2. The van der Waals surface area contributed by atoms with Gasteiger partial charge in [-0.3, -0.25) is 9.59 Å².